The van der Waals surface area contributed by atoms with Crippen LogP contribution in [-0.4, -0.2) is 22.1 Å². The summed E-state index contributed by atoms with van der Waals surface area (Å²) in [6, 6.07) is 8.28. The minimum Gasteiger partial charge on any atom is -0.508 e. The van der Waals surface area contributed by atoms with E-state index in [2.05, 4.69) is 31.9 Å². The summed E-state index contributed by atoms with van der Waals surface area (Å²) in [7, 11) is 0. The van der Waals surface area contributed by atoms with Crippen molar-refractivity contribution >= 4 is 43.7 Å². The number of carbonyl (C=O) groups is 2. The molecule has 6 nitrogen and oxygen atoms in total. The zero-order valence-corrected chi connectivity index (χ0v) is 19.2. The van der Waals surface area contributed by atoms with E-state index in [0.717, 1.165) is 5.56 Å². The van der Waals surface area contributed by atoms with Gasteiger partial charge in [0.1, 0.15) is 11.5 Å². The number of amides is 1. The van der Waals surface area contributed by atoms with Crippen molar-refractivity contribution in [2.24, 2.45) is 11.7 Å². The molecule has 0 aliphatic heterocycles. The third kappa shape index (κ3) is 6.83. The molecule has 0 spiro atoms. The van der Waals surface area contributed by atoms with Crippen LogP contribution >= 0.6 is 31.9 Å². The van der Waals surface area contributed by atoms with Gasteiger partial charge in [-0.25, -0.2) is 0 Å². The lowest BCUT2D eigenvalue weighted by molar-refractivity contribution is -0.140. The van der Waals surface area contributed by atoms with Crippen molar-refractivity contribution in [1.82, 2.24) is 0 Å². The van der Waals surface area contributed by atoms with Gasteiger partial charge in [0.2, 0.25) is 5.91 Å². The maximum atomic E-state index is 11.2. The zero-order valence-electron chi connectivity index (χ0n) is 16.0. The second-order valence-electron chi connectivity index (χ2n) is 6.60. The maximum absolute atomic E-state index is 11.2. The summed E-state index contributed by atoms with van der Waals surface area (Å²) < 4.78 is 7.08. The minimum absolute atomic E-state index is 0.174. The summed E-state index contributed by atoms with van der Waals surface area (Å²) in [5, 5.41) is 17.8. The topological polar surface area (TPSA) is 110 Å². The van der Waals surface area contributed by atoms with E-state index in [1.807, 2.05) is 13.8 Å². The third-order valence-electron chi connectivity index (χ3n) is 3.62. The lowest BCUT2D eigenvalue weighted by Crippen LogP contribution is -2.11. The number of carbonyl (C=O) groups excluding carboxylic acids is 1. The number of nitrogens with two attached hydrogens (primary N) is 1. The van der Waals surface area contributed by atoms with E-state index < -0.39 is 11.9 Å². The Labute approximate surface area is 181 Å². The summed E-state index contributed by atoms with van der Waals surface area (Å²) in [6.45, 7) is 7.27. The van der Waals surface area contributed by atoms with Crippen LogP contribution in [-0.2, 0) is 4.79 Å². The molecule has 0 bridgehead atoms. The van der Waals surface area contributed by atoms with Crippen LogP contribution in [0, 0.1) is 5.92 Å². The SMILES string of the molecule is CC(C)C(=O)O.CC(C)c1cc(Oc2c(Br)cc(C(N)=O)cc2Br)ccc1O. The second-order valence-corrected chi connectivity index (χ2v) is 8.31. The first-order valence-electron chi connectivity index (χ1n) is 8.46. The third-order valence-corrected chi connectivity index (χ3v) is 4.80. The summed E-state index contributed by atoms with van der Waals surface area (Å²) in [5.41, 5.74) is 6.45. The summed E-state index contributed by atoms with van der Waals surface area (Å²) in [4.78, 5) is 20.9. The fourth-order valence-electron chi connectivity index (χ4n) is 1.98. The Morgan fingerprint density at radius 1 is 1.04 bits per heavy atom. The average molecular weight is 517 g/mol. The Bertz CT molecular complexity index is 843. The number of carboxylic acid groups (broad SMARTS) is 1. The van der Waals surface area contributed by atoms with Crippen molar-refractivity contribution in [3.05, 3.63) is 50.4 Å². The lowest BCUT2D eigenvalue weighted by Gasteiger charge is -2.14. The summed E-state index contributed by atoms with van der Waals surface area (Å²) in [5.74, 6) is 0.0528. The van der Waals surface area contributed by atoms with Gasteiger partial charge in [-0.2, -0.15) is 0 Å². The fourth-order valence-corrected chi connectivity index (χ4v) is 3.32. The molecule has 0 radical (unpaired) electrons. The minimum atomic E-state index is -0.741. The molecule has 4 N–H and O–H groups in total. The van der Waals surface area contributed by atoms with E-state index in [9.17, 15) is 14.7 Å². The van der Waals surface area contributed by atoms with Crippen molar-refractivity contribution in [3.8, 4) is 17.2 Å². The van der Waals surface area contributed by atoms with E-state index in [0.29, 0.717) is 26.0 Å². The number of halogens is 2. The molecule has 2 rings (SSSR count). The Hall–Kier alpha value is -2.06. The Balaban J connectivity index is 0.000000568. The molecule has 0 saturated carbocycles. The van der Waals surface area contributed by atoms with Crippen LogP contribution in [0.3, 0.4) is 0 Å². The molecule has 152 valence electrons. The van der Waals surface area contributed by atoms with Gasteiger partial charge in [0.05, 0.1) is 14.9 Å². The highest BCUT2D eigenvalue weighted by Gasteiger charge is 2.14. The number of rotatable bonds is 5. The van der Waals surface area contributed by atoms with Crippen molar-refractivity contribution < 1.29 is 24.5 Å². The quantitative estimate of drug-likeness (QED) is 0.475. The van der Waals surface area contributed by atoms with Crippen molar-refractivity contribution in [2.45, 2.75) is 33.6 Å². The molecule has 28 heavy (non-hydrogen) atoms. The number of aromatic hydroxyl groups is 1. The first kappa shape index (κ1) is 24.0. The number of aliphatic carboxylic acids is 1. The highest BCUT2D eigenvalue weighted by Crippen LogP contribution is 2.39. The van der Waals surface area contributed by atoms with Gasteiger partial charge < -0.3 is 20.7 Å². The molecular formula is C20H23Br2NO5. The Morgan fingerprint density at radius 3 is 1.93 bits per heavy atom. The molecule has 8 heteroatoms. The molecule has 0 heterocycles. The predicted octanol–water partition coefficient (Wildman–Crippen LogP) is 5.66. The fraction of sp³-hybridized carbons (Fsp3) is 0.300. The van der Waals surface area contributed by atoms with Gasteiger partial charge in [0, 0.05) is 11.1 Å². The van der Waals surface area contributed by atoms with E-state index in [-0.39, 0.29) is 17.6 Å². The molecule has 0 aliphatic rings. The van der Waals surface area contributed by atoms with E-state index in [4.69, 9.17) is 15.6 Å². The first-order valence-corrected chi connectivity index (χ1v) is 10.0. The van der Waals surface area contributed by atoms with Crippen LogP contribution in [0.5, 0.6) is 17.2 Å². The van der Waals surface area contributed by atoms with Crippen molar-refractivity contribution in [3.63, 3.8) is 0 Å². The first-order chi connectivity index (χ1) is 12.9. The molecular weight excluding hydrogens is 494 g/mol. The highest BCUT2D eigenvalue weighted by atomic mass is 79.9. The largest absolute Gasteiger partial charge is 0.508 e. The zero-order chi connectivity index (χ0) is 21.6. The van der Waals surface area contributed by atoms with Gasteiger partial charge in [0.25, 0.3) is 0 Å². The summed E-state index contributed by atoms with van der Waals surface area (Å²) in [6.07, 6.45) is 0. The van der Waals surface area contributed by atoms with E-state index in [1.54, 1.807) is 44.2 Å². The molecule has 0 aliphatic carbocycles. The number of primary amides is 1. The lowest BCUT2D eigenvalue weighted by atomic mass is 10.0. The van der Waals surface area contributed by atoms with Crippen LogP contribution in [0.4, 0.5) is 0 Å². The maximum Gasteiger partial charge on any atom is 0.305 e. The standard InChI is InChI=1S/C16H15Br2NO3.C4H8O2/c1-8(2)11-7-10(3-4-14(11)20)22-15-12(17)5-9(16(19)21)6-13(15)18;1-3(2)4(5)6/h3-8,20H,1-2H3,(H2,19,21);3H,1-2H3,(H,5,6). The number of benzene rings is 2. The van der Waals surface area contributed by atoms with Crippen LogP contribution < -0.4 is 10.5 Å². The van der Waals surface area contributed by atoms with Crippen LogP contribution in [0.2, 0.25) is 0 Å². The van der Waals surface area contributed by atoms with Gasteiger partial charge in [-0.1, -0.05) is 27.7 Å². The van der Waals surface area contributed by atoms with Crippen LogP contribution in [0.25, 0.3) is 0 Å². The number of ether oxygens (including phenoxy) is 1. The average Bonchev–Trinajstić information content (AvgIpc) is 2.59. The van der Waals surface area contributed by atoms with E-state index in [1.165, 1.54) is 0 Å². The number of phenols is 1. The monoisotopic (exact) mass is 515 g/mol. The molecule has 0 fully saturated rings. The van der Waals surface area contributed by atoms with Gasteiger partial charge >= 0.3 is 5.97 Å². The second kappa shape index (κ2) is 10.5. The Kier molecular flexibility index (Phi) is 8.97. The van der Waals surface area contributed by atoms with E-state index >= 15 is 0 Å². The van der Waals surface area contributed by atoms with Crippen molar-refractivity contribution in [2.75, 3.05) is 0 Å². The highest BCUT2D eigenvalue weighted by molar-refractivity contribution is 9.11. The summed E-state index contributed by atoms with van der Waals surface area (Å²) >= 11 is 6.75. The molecule has 1 amide bonds. The molecule has 0 aromatic heterocycles. The molecule has 2 aromatic rings. The van der Waals surface area contributed by atoms with Crippen LogP contribution in [0.15, 0.2) is 39.3 Å². The van der Waals surface area contributed by atoms with Gasteiger partial charge in [-0.3, -0.25) is 9.59 Å². The predicted molar refractivity (Wildman–Crippen MR) is 115 cm³/mol. The normalized spacial score (nSPS) is 10.4. The van der Waals surface area contributed by atoms with Crippen LogP contribution in [0.1, 0.15) is 49.5 Å². The van der Waals surface area contributed by atoms with Gasteiger partial charge in [0.15, 0.2) is 5.75 Å². The van der Waals surface area contributed by atoms with Crippen molar-refractivity contribution in [1.29, 1.82) is 0 Å². The molecule has 0 saturated heterocycles. The number of carboxylic acids is 1. The number of hydrogen-bond donors (Lipinski definition) is 3. The number of hydrogen-bond acceptors (Lipinski definition) is 4. The number of phenolic OH excluding ortho intramolecular Hbond substituents is 1. The molecule has 0 unspecified atom stereocenters. The molecule has 0 atom stereocenters. The molecule has 2 aromatic carbocycles. The van der Waals surface area contributed by atoms with Gasteiger partial charge in [-0.05, 0) is 68.1 Å². The van der Waals surface area contributed by atoms with Gasteiger partial charge in [-0.15, -0.1) is 0 Å². The smallest absolute Gasteiger partial charge is 0.305 e. The Morgan fingerprint density at radius 2 is 1.54 bits per heavy atom.